The SMILES string of the molecule is O=C(c1cn(-c2ccccc2Cl)nn1)N1CCC(C(=O)O)(C(F)(F)F)C1. The van der Waals surface area contributed by atoms with Crippen molar-refractivity contribution in [3.63, 3.8) is 0 Å². The number of alkyl halides is 3. The first-order valence-electron chi connectivity index (χ1n) is 7.42. The molecule has 1 N–H and O–H groups in total. The smallest absolute Gasteiger partial charge is 0.406 e. The van der Waals surface area contributed by atoms with Crippen molar-refractivity contribution in [1.29, 1.82) is 0 Å². The predicted octanol–water partition coefficient (Wildman–Crippen LogP) is 2.40. The molecule has 0 radical (unpaired) electrons. The lowest BCUT2D eigenvalue weighted by Gasteiger charge is -2.26. The molecule has 1 amide bonds. The number of para-hydroxylation sites is 1. The number of halogens is 4. The van der Waals surface area contributed by atoms with Crippen molar-refractivity contribution in [3.8, 4) is 5.69 Å². The van der Waals surface area contributed by atoms with E-state index in [1.807, 2.05) is 0 Å². The number of hydrogen-bond donors (Lipinski definition) is 1. The van der Waals surface area contributed by atoms with E-state index in [2.05, 4.69) is 10.3 Å². The number of rotatable bonds is 3. The van der Waals surface area contributed by atoms with Crippen LogP contribution in [-0.4, -0.2) is 56.1 Å². The highest BCUT2D eigenvalue weighted by Gasteiger charge is 2.64. The van der Waals surface area contributed by atoms with Crippen molar-refractivity contribution < 1.29 is 27.9 Å². The molecule has 11 heteroatoms. The minimum atomic E-state index is -4.97. The number of carbonyl (C=O) groups excluding carboxylic acids is 1. The third kappa shape index (κ3) is 2.90. The van der Waals surface area contributed by atoms with Crippen molar-refractivity contribution in [1.82, 2.24) is 19.9 Å². The zero-order valence-corrected chi connectivity index (χ0v) is 13.8. The second-order valence-corrected chi connectivity index (χ2v) is 6.27. The molecule has 0 bridgehead atoms. The van der Waals surface area contributed by atoms with Gasteiger partial charge in [-0.05, 0) is 18.6 Å². The molecule has 138 valence electrons. The van der Waals surface area contributed by atoms with Crippen molar-refractivity contribution in [2.45, 2.75) is 12.6 Å². The maximum Gasteiger partial charge on any atom is 0.406 e. The van der Waals surface area contributed by atoms with Crippen LogP contribution in [-0.2, 0) is 4.79 Å². The standard InChI is InChI=1S/C15H12ClF3N4O3/c16-9-3-1-2-4-11(9)23-7-10(20-21-23)12(24)22-6-5-14(8-22,13(25)26)15(17,18)19/h1-4,7H,5-6,8H2,(H,25,26). The number of hydrogen-bond acceptors (Lipinski definition) is 4. The number of aromatic nitrogens is 3. The Morgan fingerprint density at radius 3 is 2.54 bits per heavy atom. The summed E-state index contributed by atoms with van der Waals surface area (Å²) in [7, 11) is 0. The van der Waals surface area contributed by atoms with Gasteiger partial charge in [-0.3, -0.25) is 9.59 Å². The van der Waals surface area contributed by atoms with Gasteiger partial charge >= 0.3 is 12.1 Å². The molecule has 26 heavy (non-hydrogen) atoms. The van der Waals surface area contributed by atoms with Crippen LogP contribution in [0.5, 0.6) is 0 Å². The summed E-state index contributed by atoms with van der Waals surface area (Å²) in [5.41, 5.74) is -2.73. The molecule has 1 aromatic carbocycles. The maximum absolute atomic E-state index is 13.2. The van der Waals surface area contributed by atoms with Gasteiger partial charge in [0, 0.05) is 13.1 Å². The summed E-state index contributed by atoms with van der Waals surface area (Å²) in [6, 6.07) is 6.61. The summed E-state index contributed by atoms with van der Waals surface area (Å²) in [5, 5.41) is 16.8. The fourth-order valence-electron chi connectivity index (χ4n) is 2.79. The molecular weight excluding hydrogens is 377 g/mol. The first-order valence-corrected chi connectivity index (χ1v) is 7.80. The van der Waals surface area contributed by atoms with Gasteiger partial charge in [0.2, 0.25) is 0 Å². The highest BCUT2D eigenvalue weighted by atomic mass is 35.5. The van der Waals surface area contributed by atoms with Crippen LogP contribution in [0.25, 0.3) is 5.69 Å². The number of nitrogens with zero attached hydrogens (tertiary/aromatic N) is 4. The van der Waals surface area contributed by atoms with Crippen LogP contribution >= 0.6 is 11.6 Å². The predicted molar refractivity (Wildman–Crippen MR) is 83.0 cm³/mol. The number of amides is 1. The van der Waals surface area contributed by atoms with Crippen LogP contribution in [0.3, 0.4) is 0 Å². The number of carboxylic acids is 1. The molecule has 1 fully saturated rings. The first kappa shape index (κ1) is 18.2. The van der Waals surface area contributed by atoms with E-state index in [-0.39, 0.29) is 12.2 Å². The monoisotopic (exact) mass is 388 g/mol. The highest BCUT2D eigenvalue weighted by molar-refractivity contribution is 6.32. The average Bonchev–Trinajstić information content (AvgIpc) is 3.22. The van der Waals surface area contributed by atoms with Gasteiger partial charge in [-0.15, -0.1) is 5.10 Å². The average molecular weight is 389 g/mol. The quantitative estimate of drug-likeness (QED) is 0.872. The molecular formula is C15H12ClF3N4O3. The van der Waals surface area contributed by atoms with Gasteiger partial charge in [0.05, 0.1) is 16.9 Å². The molecule has 7 nitrogen and oxygen atoms in total. The van der Waals surface area contributed by atoms with E-state index in [9.17, 15) is 22.8 Å². The normalized spacial score (nSPS) is 20.4. The van der Waals surface area contributed by atoms with Gasteiger partial charge in [0.25, 0.3) is 5.91 Å². The summed E-state index contributed by atoms with van der Waals surface area (Å²) < 4.78 is 40.9. The van der Waals surface area contributed by atoms with Crippen LogP contribution < -0.4 is 0 Å². The Kier molecular flexibility index (Phi) is 4.39. The van der Waals surface area contributed by atoms with Crippen molar-refractivity contribution in [2.24, 2.45) is 5.41 Å². The molecule has 2 heterocycles. The number of benzene rings is 1. The Morgan fingerprint density at radius 1 is 1.27 bits per heavy atom. The van der Waals surface area contributed by atoms with Crippen molar-refractivity contribution in [2.75, 3.05) is 13.1 Å². The van der Waals surface area contributed by atoms with Gasteiger partial charge in [0.1, 0.15) is 0 Å². The fraction of sp³-hybridized carbons (Fsp3) is 0.333. The minimum absolute atomic E-state index is 0.201. The van der Waals surface area contributed by atoms with Crippen molar-refractivity contribution in [3.05, 3.63) is 41.2 Å². The topological polar surface area (TPSA) is 88.3 Å². The van der Waals surface area contributed by atoms with Gasteiger partial charge in [-0.25, -0.2) is 4.68 Å². The molecule has 0 saturated carbocycles. The Bertz CT molecular complexity index is 870. The molecule has 1 saturated heterocycles. The molecule has 1 aliphatic heterocycles. The van der Waals surface area contributed by atoms with Crippen LogP contribution in [0.1, 0.15) is 16.9 Å². The van der Waals surface area contributed by atoms with E-state index in [4.69, 9.17) is 16.7 Å². The van der Waals surface area contributed by atoms with Crippen LogP contribution in [0, 0.1) is 5.41 Å². The summed E-state index contributed by atoms with van der Waals surface area (Å²) in [6.45, 7) is -1.31. The Labute approximate surface area is 150 Å². The zero-order valence-electron chi connectivity index (χ0n) is 13.1. The van der Waals surface area contributed by atoms with E-state index in [0.717, 1.165) is 4.90 Å². The van der Waals surface area contributed by atoms with E-state index in [0.29, 0.717) is 10.7 Å². The first-order chi connectivity index (χ1) is 12.2. The lowest BCUT2D eigenvalue weighted by atomic mass is 9.86. The fourth-order valence-corrected chi connectivity index (χ4v) is 3.01. The maximum atomic E-state index is 13.2. The number of aliphatic carboxylic acids is 1. The van der Waals surface area contributed by atoms with Gasteiger partial charge < -0.3 is 10.0 Å². The second-order valence-electron chi connectivity index (χ2n) is 5.86. The van der Waals surface area contributed by atoms with E-state index in [1.54, 1.807) is 24.3 Å². The molecule has 2 aromatic rings. The molecule has 1 aliphatic rings. The van der Waals surface area contributed by atoms with E-state index in [1.165, 1.54) is 10.9 Å². The van der Waals surface area contributed by atoms with Gasteiger partial charge in [-0.2, -0.15) is 13.2 Å². The van der Waals surface area contributed by atoms with Crippen LogP contribution in [0.15, 0.2) is 30.5 Å². The van der Waals surface area contributed by atoms with Gasteiger partial charge in [0.15, 0.2) is 11.1 Å². The second kappa shape index (κ2) is 6.27. The molecule has 1 atom stereocenters. The molecule has 3 rings (SSSR count). The van der Waals surface area contributed by atoms with E-state index < -0.39 is 36.4 Å². The number of carboxylic acid groups (broad SMARTS) is 1. The van der Waals surface area contributed by atoms with Crippen molar-refractivity contribution >= 4 is 23.5 Å². The lowest BCUT2D eigenvalue weighted by molar-refractivity contribution is -0.227. The minimum Gasteiger partial charge on any atom is -0.481 e. The highest BCUT2D eigenvalue weighted by Crippen LogP contribution is 2.45. The number of carbonyl (C=O) groups is 2. The Morgan fingerprint density at radius 2 is 1.96 bits per heavy atom. The lowest BCUT2D eigenvalue weighted by Crippen LogP contribution is -2.47. The molecule has 1 unspecified atom stereocenters. The summed E-state index contributed by atoms with van der Waals surface area (Å²) >= 11 is 6.02. The largest absolute Gasteiger partial charge is 0.481 e. The van der Waals surface area contributed by atoms with Crippen LogP contribution in [0.2, 0.25) is 5.02 Å². The third-order valence-corrected chi connectivity index (χ3v) is 4.64. The molecule has 0 aliphatic carbocycles. The molecule has 0 spiro atoms. The summed E-state index contributed by atoms with van der Waals surface area (Å²) in [4.78, 5) is 24.4. The molecule has 1 aromatic heterocycles. The zero-order chi connectivity index (χ0) is 19.1. The summed E-state index contributed by atoms with van der Waals surface area (Å²) in [6.07, 6.45) is -4.45. The van der Waals surface area contributed by atoms with E-state index >= 15 is 0 Å². The summed E-state index contributed by atoms with van der Waals surface area (Å²) in [5.74, 6) is -2.82. The third-order valence-electron chi connectivity index (χ3n) is 4.32. The van der Waals surface area contributed by atoms with Gasteiger partial charge in [-0.1, -0.05) is 28.9 Å². The Balaban J connectivity index is 1.84. The van der Waals surface area contributed by atoms with Crippen LogP contribution in [0.4, 0.5) is 13.2 Å². The number of likely N-dealkylation sites (tertiary alicyclic amines) is 1. The Hall–Kier alpha value is -2.62.